The molecule has 3 fully saturated rings. The van der Waals surface area contributed by atoms with Crippen LogP contribution >= 0.6 is 22.7 Å². The van der Waals surface area contributed by atoms with Gasteiger partial charge in [0.1, 0.15) is 41.0 Å². The van der Waals surface area contributed by atoms with Crippen LogP contribution in [0.2, 0.25) is 0 Å². The third kappa shape index (κ3) is 11.6. The maximum Gasteiger partial charge on any atom is 0.253 e. The fraction of sp³-hybridized carbons (Fsp3) is 0.520. The topological polar surface area (TPSA) is 264 Å². The van der Waals surface area contributed by atoms with Gasteiger partial charge in [-0.1, -0.05) is 35.7 Å². The van der Waals surface area contributed by atoms with Crippen molar-refractivity contribution < 1.29 is 33.5 Å². The average molecular weight is 1040 g/mol. The molecule has 2 aliphatic heterocycles. The second-order valence-electron chi connectivity index (χ2n) is 19.3. The van der Waals surface area contributed by atoms with Gasteiger partial charge in [0.15, 0.2) is 0 Å². The molecule has 0 radical (unpaired) electrons. The van der Waals surface area contributed by atoms with Crippen LogP contribution in [0.4, 0.5) is 15.3 Å². The van der Waals surface area contributed by atoms with Crippen LogP contribution in [-0.2, 0) is 28.0 Å². The number of benzene rings is 1. The van der Waals surface area contributed by atoms with E-state index in [2.05, 4.69) is 74.3 Å². The van der Waals surface area contributed by atoms with Crippen LogP contribution in [0.15, 0.2) is 40.6 Å². The van der Waals surface area contributed by atoms with E-state index in [0.29, 0.717) is 87.8 Å². The predicted octanol–water partition coefficient (Wildman–Crippen LogP) is 6.57. The minimum absolute atomic E-state index is 0.0464. The number of nitriles is 1. The van der Waals surface area contributed by atoms with Crippen molar-refractivity contribution in [1.29, 1.82) is 5.26 Å². The van der Waals surface area contributed by atoms with E-state index < -0.39 is 23.4 Å². The standard InChI is InChI=1S/C34H42N12O4S.C13H13FN2O2S.C3H8/c1-20-16-43(21-13-23(14-21)49-27-18-45(42-40-27)19-28(48)44-12-7-22(47)17-44)10-4-11-46(20)33-37-9-6-25(38-33)31-39-32(50-41-31)34(2)8-3-5-26-29(34)24(15-35)30(36)51-26;1-7(15-5-17)9-3-11(14)10(4-12(9)18)13-8(2)16-6-19-13;1-3-2/h6,9,18,20-23,47H,3-5,7-8,10-14,16-17,19,36H2,1-2H3;3-7,18H,1-2H3,(H,15,17);3H2,1-2H3. The zero-order valence-corrected chi connectivity index (χ0v) is 43.6. The van der Waals surface area contributed by atoms with Crippen molar-refractivity contribution in [2.75, 3.05) is 43.4 Å². The van der Waals surface area contributed by atoms with Gasteiger partial charge in [-0.2, -0.15) is 10.2 Å². The number of anilines is 2. The van der Waals surface area contributed by atoms with Gasteiger partial charge in [0, 0.05) is 85.4 Å². The molecule has 2 saturated heterocycles. The highest BCUT2D eigenvalue weighted by Gasteiger charge is 2.43. The highest BCUT2D eigenvalue weighted by Crippen LogP contribution is 2.48. The molecule has 1 aromatic carbocycles. The Morgan fingerprint density at radius 2 is 1.97 bits per heavy atom. The molecule has 10 rings (SSSR count). The molecule has 0 bridgehead atoms. The monoisotopic (exact) mass is 1040 g/mol. The number of phenolic OH excluding ortho intramolecular Hbond substituents is 1. The number of likely N-dealkylation sites (tertiary alicyclic amines) is 1. The predicted molar refractivity (Wildman–Crippen MR) is 273 cm³/mol. The molecule has 5 aromatic heterocycles. The number of hydrogen-bond donors (Lipinski definition) is 4. The van der Waals surface area contributed by atoms with Crippen LogP contribution in [-0.4, -0.2) is 129 Å². The summed E-state index contributed by atoms with van der Waals surface area (Å²) < 4.78 is 27.6. The molecule has 1 saturated carbocycles. The molecule has 4 unspecified atom stereocenters. The summed E-state index contributed by atoms with van der Waals surface area (Å²) in [5.74, 6) is 1.34. The van der Waals surface area contributed by atoms with Crippen LogP contribution < -0.4 is 20.7 Å². The number of phenols is 1. The number of aromatic hydroxyl groups is 1. The summed E-state index contributed by atoms with van der Waals surface area (Å²) in [5, 5.41) is 45.1. The number of thiophene rings is 1. The lowest BCUT2D eigenvalue weighted by Gasteiger charge is -2.42. The normalized spacial score (nSPS) is 22.1. The molecule has 4 atom stereocenters. The second-order valence-corrected chi connectivity index (χ2v) is 21.3. The SMILES string of the molecule is CC1CN(C2CC(Oc3cn(CC(=O)N4CCC(O)C4)nn3)C2)CCCN1c1nccc(-c2noc(C3(C)CCCc4sc(N)c(C#N)c43)n2)n1.CCC.Cc1ncsc1-c1cc(O)c(C(C)NC=O)cc1F. The highest BCUT2D eigenvalue weighted by molar-refractivity contribution is 7.16. The Hall–Kier alpha value is -6.61. The van der Waals surface area contributed by atoms with Crippen LogP contribution in [0.3, 0.4) is 0 Å². The maximum atomic E-state index is 14.1. The van der Waals surface area contributed by atoms with E-state index in [9.17, 15) is 29.5 Å². The number of ether oxygens (including phenoxy) is 1. The molecular weight excluding hydrogens is 976 g/mol. The fourth-order valence-electron chi connectivity index (χ4n) is 9.87. The van der Waals surface area contributed by atoms with E-state index in [1.807, 2.05) is 0 Å². The van der Waals surface area contributed by atoms with Crippen LogP contribution in [0.1, 0.15) is 119 Å². The van der Waals surface area contributed by atoms with Gasteiger partial charge < -0.3 is 40.3 Å². The lowest BCUT2D eigenvalue weighted by molar-refractivity contribution is -0.131. The number of rotatable bonds is 12. The zero-order chi connectivity index (χ0) is 52.0. The number of nitrogens with one attached hydrogen (secondary N) is 1. The van der Waals surface area contributed by atoms with Crippen LogP contribution in [0.25, 0.3) is 22.0 Å². The first kappa shape index (κ1) is 52.7. The molecule has 2 amide bonds. The lowest BCUT2D eigenvalue weighted by Crippen LogP contribution is -2.52. The van der Waals surface area contributed by atoms with Gasteiger partial charge in [0.2, 0.25) is 30.0 Å². The number of aromatic nitrogens is 8. The molecule has 388 valence electrons. The number of nitrogens with zero attached hydrogens (tertiary/aromatic N) is 12. The van der Waals surface area contributed by atoms with Gasteiger partial charge in [0.05, 0.1) is 45.4 Å². The molecule has 2 aliphatic carbocycles. The summed E-state index contributed by atoms with van der Waals surface area (Å²) in [6.07, 6.45) is 10.8. The van der Waals surface area contributed by atoms with Crippen molar-refractivity contribution in [2.24, 2.45) is 0 Å². The Morgan fingerprint density at radius 1 is 1.18 bits per heavy atom. The number of fused-ring (bicyclic) bond motifs is 1. The number of aliphatic hydroxyl groups is 1. The van der Waals surface area contributed by atoms with Gasteiger partial charge in [0.25, 0.3) is 5.88 Å². The summed E-state index contributed by atoms with van der Waals surface area (Å²) >= 11 is 2.80. The third-order valence-corrected chi connectivity index (χ3v) is 15.8. The summed E-state index contributed by atoms with van der Waals surface area (Å²) in [6.45, 7) is 15.6. The molecule has 20 nitrogen and oxygen atoms in total. The Bertz CT molecular complexity index is 2910. The maximum absolute atomic E-state index is 14.1. The van der Waals surface area contributed by atoms with Crippen LogP contribution in [0, 0.1) is 24.1 Å². The molecule has 6 aromatic rings. The molecular formula is C50H63FN14O6S2. The smallest absolute Gasteiger partial charge is 0.253 e. The minimum atomic E-state index is -0.597. The molecule has 73 heavy (non-hydrogen) atoms. The van der Waals surface area contributed by atoms with Crippen molar-refractivity contribution in [1.82, 2.24) is 55.2 Å². The number of hydrogen-bond acceptors (Lipinski definition) is 19. The second kappa shape index (κ2) is 23.1. The lowest BCUT2D eigenvalue weighted by atomic mass is 9.72. The largest absolute Gasteiger partial charge is 0.508 e. The zero-order valence-electron chi connectivity index (χ0n) is 42.0. The van der Waals surface area contributed by atoms with Gasteiger partial charge in [-0.15, -0.1) is 22.7 Å². The number of carbonyl (C=O) groups excluding carboxylic acids is 2. The number of amides is 2. The quantitative estimate of drug-likeness (QED) is 0.0945. The van der Waals surface area contributed by atoms with Crippen molar-refractivity contribution in [3.63, 3.8) is 0 Å². The van der Waals surface area contributed by atoms with Crippen molar-refractivity contribution >= 4 is 45.9 Å². The number of aryl methyl sites for hydroxylation is 2. The Morgan fingerprint density at radius 3 is 2.68 bits per heavy atom. The first-order chi connectivity index (χ1) is 35.1. The highest BCUT2D eigenvalue weighted by atomic mass is 32.1. The van der Waals surface area contributed by atoms with Gasteiger partial charge in [-0.25, -0.2) is 24.0 Å². The van der Waals surface area contributed by atoms with Gasteiger partial charge >= 0.3 is 0 Å². The fourth-order valence-corrected chi connectivity index (χ4v) is 11.9. The number of nitrogen functional groups attached to an aromatic ring is 1. The average Bonchev–Trinajstić information content (AvgIpc) is 4.22. The van der Waals surface area contributed by atoms with E-state index in [1.54, 1.807) is 42.7 Å². The molecule has 7 heterocycles. The number of thiazole rings is 1. The van der Waals surface area contributed by atoms with Crippen LogP contribution in [0.5, 0.6) is 11.6 Å². The van der Waals surface area contributed by atoms with Gasteiger partial charge in [-0.3, -0.25) is 14.5 Å². The Balaban J connectivity index is 0.000000270. The minimum Gasteiger partial charge on any atom is -0.508 e. The first-order valence-electron chi connectivity index (χ1n) is 24.8. The summed E-state index contributed by atoms with van der Waals surface area (Å²) in [5.41, 5.74) is 10.7. The van der Waals surface area contributed by atoms with E-state index in [0.717, 1.165) is 74.3 Å². The Kier molecular flexibility index (Phi) is 16.7. The molecule has 0 spiro atoms. The van der Waals surface area contributed by atoms with Crippen molar-refractivity contribution in [2.45, 2.75) is 135 Å². The summed E-state index contributed by atoms with van der Waals surface area (Å²) in [6, 6.07) is 6.83. The molecule has 5 N–H and O–H groups in total. The number of nitrogens with two attached hydrogens (primary N) is 1. The van der Waals surface area contributed by atoms with Gasteiger partial charge in [-0.05, 0) is 78.0 Å². The first-order valence-corrected chi connectivity index (χ1v) is 26.5. The van der Waals surface area contributed by atoms with E-state index in [-0.39, 0.29) is 30.3 Å². The van der Waals surface area contributed by atoms with Crippen molar-refractivity contribution in [3.8, 4) is 39.7 Å². The third-order valence-electron chi connectivity index (χ3n) is 13.8. The van der Waals surface area contributed by atoms with E-state index in [1.165, 1.54) is 45.9 Å². The van der Waals surface area contributed by atoms with Crippen molar-refractivity contribution in [3.05, 3.63) is 75.1 Å². The Labute approximate surface area is 431 Å². The number of carbonyl (C=O) groups is 2. The summed E-state index contributed by atoms with van der Waals surface area (Å²) in [4.78, 5) is 49.6. The number of halogens is 1. The van der Waals surface area contributed by atoms with E-state index in [4.69, 9.17) is 25.0 Å². The summed E-state index contributed by atoms with van der Waals surface area (Å²) in [7, 11) is 0. The number of β-amino-alcohol motifs (C(OH)–C–C–N with tert-alkyl or cyclic N) is 1. The molecule has 4 aliphatic rings. The number of aliphatic hydroxyl groups excluding tert-OH is 1. The molecule has 23 heteroatoms. The van der Waals surface area contributed by atoms with E-state index >= 15 is 0 Å².